The molecule has 1 heterocycles. The first-order valence-electron chi connectivity index (χ1n) is 16.6. The third-order valence-electron chi connectivity index (χ3n) is 9.30. The summed E-state index contributed by atoms with van der Waals surface area (Å²) in [6, 6.07) is 26.2. The highest BCUT2D eigenvalue weighted by molar-refractivity contribution is 6.91. The second-order valence-corrected chi connectivity index (χ2v) is 26.9. The zero-order valence-corrected chi connectivity index (χ0v) is 31.9. The van der Waals surface area contributed by atoms with Crippen LogP contribution in [0.25, 0.3) is 38.6 Å². The van der Waals surface area contributed by atoms with E-state index in [1.807, 2.05) is 0 Å². The van der Waals surface area contributed by atoms with Crippen LogP contribution in [0.3, 0.4) is 0 Å². The number of imidazole rings is 1. The van der Waals surface area contributed by atoms with Crippen molar-refractivity contribution in [3.05, 3.63) is 83.7 Å². The summed E-state index contributed by atoms with van der Waals surface area (Å²) >= 11 is 0. The first kappa shape index (κ1) is 32.4. The fourth-order valence-corrected chi connectivity index (χ4v) is 9.32. The quantitative estimate of drug-likeness (QED) is 0.132. The predicted octanol–water partition coefficient (Wildman–Crippen LogP) is 9.91. The molecule has 0 radical (unpaired) electrons. The Labute approximate surface area is 269 Å². The minimum Gasteiger partial charge on any atom is -0.229 e. The molecule has 0 unspecified atom stereocenters. The van der Waals surface area contributed by atoms with E-state index in [9.17, 15) is 0 Å². The van der Waals surface area contributed by atoms with Crippen molar-refractivity contribution in [3.8, 4) is 16.8 Å². The molecule has 232 valence electrons. The van der Waals surface area contributed by atoms with Crippen LogP contribution in [0.2, 0.25) is 39.3 Å². The molecule has 0 N–H and O–H groups in total. The second kappa shape index (κ2) is 11.1. The highest BCUT2D eigenvalue weighted by atomic mass is 28.3. The second-order valence-electron chi connectivity index (χ2n) is 16.7. The molecular weight excluding hydrogens is 565 g/mol. The average Bonchev–Trinajstić information content (AvgIpc) is 3.23. The van der Waals surface area contributed by atoms with Gasteiger partial charge in [0.05, 0.1) is 28.6 Å². The van der Waals surface area contributed by atoms with Crippen molar-refractivity contribution in [1.29, 1.82) is 0 Å². The summed E-state index contributed by atoms with van der Waals surface area (Å²) in [4.78, 5) is 0. The molecule has 5 rings (SSSR count). The van der Waals surface area contributed by atoms with Crippen molar-refractivity contribution in [3.63, 3.8) is 0 Å². The van der Waals surface area contributed by atoms with Gasteiger partial charge in [0.15, 0.2) is 11.0 Å². The Bertz CT molecular complexity index is 1810. The molecule has 4 aromatic carbocycles. The van der Waals surface area contributed by atoms with Gasteiger partial charge in [-0.05, 0) is 79.5 Å². The van der Waals surface area contributed by atoms with Crippen LogP contribution in [0.5, 0.6) is 0 Å². The number of hydrogen-bond acceptors (Lipinski definition) is 0. The lowest BCUT2D eigenvalue weighted by atomic mass is 9.87. The van der Waals surface area contributed by atoms with E-state index in [1.165, 1.54) is 55.6 Å². The van der Waals surface area contributed by atoms with Gasteiger partial charge in [-0.2, -0.15) is 4.57 Å². The van der Waals surface area contributed by atoms with Crippen LogP contribution in [0.1, 0.15) is 77.3 Å². The molecule has 0 saturated carbocycles. The van der Waals surface area contributed by atoms with Crippen LogP contribution in [0.4, 0.5) is 0 Å². The molecule has 0 fully saturated rings. The third kappa shape index (κ3) is 5.76. The van der Waals surface area contributed by atoms with Gasteiger partial charge >= 0.3 is 0 Å². The number of hydrogen-bond donors (Lipinski definition) is 0. The van der Waals surface area contributed by atoms with Crippen molar-refractivity contribution in [2.75, 3.05) is 0 Å². The predicted molar refractivity (Wildman–Crippen MR) is 200 cm³/mol. The minimum absolute atomic E-state index is 0.0616. The Morgan fingerprint density at radius 2 is 1.16 bits per heavy atom. The van der Waals surface area contributed by atoms with Crippen molar-refractivity contribution in [1.82, 2.24) is 4.57 Å². The maximum atomic E-state index is 2.65. The van der Waals surface area contributed by atoms with E-state index in [4.69, 9.17) is 0 Å². The maximum Gasteiger partial charge on any atom is 0.267 e. The summed E-state index contributed by atoms with van der Waals surface area (Å²) in [5, 5.41) is 5.74. The molecule has 4 heteroatoms. The lowest BCUT2D eigenvalue weighted by Gasteiger charge is -2.26. The molecule has 2 nitrogen and oxygen atoms in total. The molecule has 0 saturated heterocycles. The molecule has 0 atom stereocenters. The molecule has 44 heavy (non-hydrogen) atoms. The Morgan fingerprint density at radius 1 is 0.659 bits per heavy atom. The van der Waals surface area contributed by atoms with Gasteiger partial charge in [0.1, 0.15) is 5.69 Å². The molecular formula is C40H55N2Si2+. The van der Waals surface area contributed by atoms with Gasteiger partial charge in [0.25, 0.3) is 5.82 Å². The zero-order valence-electron chi connectivity index (χ0n) is 29.9. The van der Waals surface area contributed by atoms with Crippen molar-refractivity contribution in [2.45, 2.75) is 105 Å². The molecule has 0 bridgehead atoms. The topological polar surface area (TPSA) is 8.81 Å². The zero-order chi connectivity index (χ0) is 32.5. The highest BCUT2D eigenvalue weighted by Gasteiger charge is 2.37. The van der Waals surface area contributed by atoms with Gasteiger partial charge in [-0.3, -0.25) is 0 Å². The van der Waals surface area contributed by atoms with Crippen LogP contribution in [-0.2, 0) is 12.5 Å². The largest absolute Gasteiger partial charge is 0.267 e. The van der Waals surface area contributed by atoms with Gasteiger partial charge in [-0.25, -0.2) is 4.57 Å². The highest BCUT2D eigenvalue weighted by Crippen LogP contribution is 2.38. The number of fused-ring (bicyclic) bond motifs is 3. The normalized spacial score (nSPS) is 13.2. The first-order chi connectivity index (χ1) is 20.3. The molecule has 1 aromatic heterocycles. The average molecular weight is 620 g/mol. The molecule has 0 spiro atoms. The van der Waals surface area contributed by atoms with Crippen molar-refractivity contribution >= 4 is 48.3 Å². The van der Waals surface area contributed by atoms with Crippen molar-refractivity contribution < 1.29 is 4.57 Å². The van der Waals surface area contributed by atoms with Crippen LogP contribution < -0.4 is 14.9 Å². The SMILES string of the molecule is CC(C)c1cc(-c2cc([Si](C)(C)C)cc([Si](C)(C)C)c2)cc(C(C)C)c1-[n+]1c(C(C)(C)C)n(C)c2ccc3ccccc3c21. The van der Waals surface area contributed by atoms with Crippen LogP contribution in [-0.4, -0.2) is 20.7 Å². The summed E-state index contributed by atoms with van der Waals surface area (Å²) in [5.41, 5.74) is 9.51. The third-order valence-corrected chi connectivity index (χ3v) is 13.3. The van der Waals surface area contributed by atoms with Crippen LogP contribution in [0, 0.1) is 0 Å². The number of benzene rings is 4. The molecule has 0 aliphatic rings. The summed E-state index contributed by atoms with van der Waals surface area (Å²) in [5.74, 6) is 2.07. The fraction of sp³-hybridized carbons (Fsp3) is 0.425. The molecule has 0 aliphatic carbocycles. The van der Waals surface area contributed by atoms with Crippen LogP contribution >= 0.6 is 0 Å². The summed E-state index contributed by atoms with van der Waals surface area (Å²) in [6.45, 7) is 31.5. The van der Waals surface area contributed by atoms with Gasteiger partial charge in [-0.1, -0.05) is 114 Å². The van der Waals surface area contributed by atoms with Gasteiger partial charge in [-0.15, -0.1) is 0 Å². The Morgan fingerprint density at radius 3 is 1.64 bits per heavy atom. The van der Waals surface area contributed by atoms with E-state index < -0.39 is 16.1 Å². The van der Waals surface area contributed by atoms with E-state index >= 15 is 0 Å². The van der Waals surface area contributed by atoms with Gasteiger partial charge in [0.2, 0.25) is 0 Å². The number of nitrogens with zero attached hydrogens (tertiary/aromatic N) is 2. The van der Waals surface area contributed by atoms with E-state index in [-0.39, 0.29) is 5.41 Å². The summed E-state index contributed by atoms with van der Waals surface area (Å²) in [7, 11) is -0.762. The number of aryl methyl sites for hydroxylation is 1. The van der Waals surface area contributed by atoms with E-state index in [0.717, 1.165) is 0 Å². The van der Waals surface area contributed by atoms with E-state index in [2.05, 4.69) is 171 Å². The number of aromatic nitrogens is 2. The van der Waals surface area contributed by atoms with Gasteiger partial charge < -0.3 is 0 Å². The standard InChI is InChI=1S/C40H55N2Si2/c1-26(2)34-23-30(29-21-31(43(9,10)11)25-32(22-29)44(12,13)14)24-35(27(3)4)37(34)42-38-33-18-16-15-17-28(33)19-20-36(38)41(8)39(42)40(5,6)7/h15-27H,1-14H3/q+1. The molecule has 0 amide bonds. The molecule has 5 aromatic rings. The Balaban J connectivity index is 1.96. The lowest BCUT2D eigenvalue weighted by molar-refractivity contribution is -0.582. The van der Waals surface area contributed by atoms with Crippen molar-refractivity contribution in [2.24, 2.45) is 7.05 Å². The Kier molecular flexibility index (Phi) is 8.21. The van der Waals surface area contributed by atoms with Crippen LogP contribution in [0.15, 0.2) is 66.7 Å². The maximum absolute atomic E-state index is 2.65. The smallest absolute Gasteiger partial charge is 0.229 e. The fourth-order valence-electron chi connectivity index (χ4n) is 6.82. The van der Waals surface area contributed by atoms with E-state index in [0.29, 0.717) is 11.8 Å². The van der Waals surface area contributed by atoms with Gasteiger partial charge in [0, 0.05) is 16.5 Å². The number of rotatable bonds is 6. The summed E-state index contributed by atoms with van der Waals surface area (Å²) in [6.07, 6.45) is 0. The minimum atomic E-state index is -1.51. The molecule has 0 aliphatic heterocycles. The Hall–Kier alpha value is -2.96. The van der Waals surface area contributed by atoms with E-state index in [1.54, 1.807) is 10.4 Å². The lowest BCUT2D eigenvalue weighted by Crippen LogP contribution is -2.45. The first-order valence-corrected chi connectivity index (χ1v) is 23.6. The monoisotopic (exact) mass is 619 g/mol. The summed E-state index contributed by atoms with van der Waals surface area (Å²) < 4.78 is 5.10.